The van der Waals surface area contributed by atoms with Gasteiger partial charge in [-0.25, -0.2) is 14.2 Å². The van der Waals surface area contributed by atoms with Gasteiger partial charge in [0, 0.05) is 30.1 Å². The maximum absolute atomic E-state index is 15.0. The van der Waals surface area contributed by atoms with Gasteiger partial charge in [-0.15, -0.1) is 0 Å². The van der Waals surface area contributed by atoms with Crippen LogP contribution in [0, 0.1) is 23.1 Å². The van der Waals surface area contributed by atoms with Crippen molar-refractivity contribution in [1.29, 1.82) is 5.26 Å². The molecule has 0 aliphatic heterocycles. The van der Waals surface area contributed by atoms with E-state index in [2.05, 4.69) is 15.6 Å². The van der Waals surface area contributed by atoms with Crippen molar-refractivity contribution < 1.29 is 28.2 Å². The van der Waals surface area contributed by atoms with Gasteiger partial charge in [-0.2, -0.15) is 5.26 Å². The number of nitrogens with two attached hydrogens (primary N) is 1. The fraction of sp³-hybridized carbons (Fsp3) is 0.400. The molecule has 1 saturated carbocycles. The van der Waals surface area contributed by atoms with Crippen molar-refractivity contribution in [3.8, 4) is 11.8 Å². The quantitative estimate of drug-likeness (QED) is 0.257. The number of hydrogen-bond donors (Lipinski definition) is 3. The summed E-state index contributed by atoms with van der Waals surface area (Å²) in [5, 5.41) is 14.1. The van der Waals surface area contributed by atoms with Crippen LogP contribution in [0.25, 0.3) is 0 Å². The molecule has 1 aromatic carbocycles. The van der Waals surface area contributed by atoms with Gasteiger partial charge in [-0.1, -0.05) is 20.8 Å². The zero-order valence-electron chi connectivity index (χ0n) is 20.2. The van der Waals surface area contributed by atoms with Crippen molar-refractivity contribution in [1.82, 2.24) is 10.3 Å². The molecule has 2 aromatic rings. The molecule has 36 heavy (non-hydrogen) atoms. The Bertz CT molecular complexity index is 1180. The van der Waals surface area contributed by atoms with Crippen LogP contribution >= 0.6 is 0 Å². The number of benzene rings is 1. The Morgan fingerprint density at radius 2 is 2.03 bits per heavy atom. The van der Waals surface area contributed by atoms with Crippen molar-refractivity contribution in [2.24, 2.45) is 11.7 Å². The number of anilines is 1. The number of carbonyl (C=O) groups excluding carboxylic acids is 3. The minimum atomic E-state index is -0.849. The number of nitrogens with zero attached hydrogens (tertiary/aromatic N) is 2. The summed E-state index contributed by atoms with van der Waals surface area (Å²) in [6.45, 7) is 4.65. The number of nitrogens with one attached hydrogen (secondary N) is 2. The van der Waals surface area contributed by atoms with Gasteiger partial charge in [0.15, 0.2) is 5.78 Å². The van der Waals surface area contributed by atoms with Crippen LogP contribution in [0.15, 0.2) is 30.5 Å². The first kappa shape index (κ1) is 26.6. The number of rotatable bonds is 10. The van der Waals surface area contributed by atoms with Crippen molar-refractivity contribution in [2.75, 3.05) is 12.1 Å². The minimum Gasteiger partial charge on any atom is -0.456 e. The number of esters is 1. The highest BCUT2D eigenvalue weighted by Crippen LogP contribution is 2.47. The molecule has 1 aromatic heterocycles. The number of amides is 2. The second-order valence-corrected chi connectivity index (χ2v) is 8.70. The lowest BCUT2D eigenvalue weighted by atomic mass is 10.00. The zero-order chi connectivity index (χ0) is 26.4. The van der Waals surface area contributed by atoms with Crippen LogP contribution in [0.5, 0.6) is 5.75 Å². The summed E-state index contributed by atoms with van der Waals surface area (Å²) >= 11 is 0. The van der Waals surface area contributed by atoms with Gasteiger partial charge < -0.3 is 20.5 Å². The number of carbonyl (C=O) groups is 3. The Kier molecular flexibility index (Phi) is 8.55. The number of hydrogen-bond acceptors (Lipinski definition) is 8. The average molecular weight is 498 g/mol. The monoisotopic (exact) mass is 497 g/mol. The first-order valence-electron chi connectivity index (χ1n) is 11.5. The molecule has 1 aliphatic carbocycles. The Morgan fingerprint density at radius 3 is 2.64 bits per heavy atom. The average Bonchev–Trinajstić information content (AvgIpc) is 3.61. The van der Waals surface area contributed by atoms with Crippen LogP contribution in [0.2, 0.25) is 0 Å². The summed E-state index contributed by atoms with van der Waals surface area (Å²) in [6, 6.07) is 5.62. The molecule has 3 rings (SSSR count). The topological polar surface area (TPSA) is 156 Å². The molecule has 4 N–H and O–H groups in total. The number of ketones is 1. The number of halogens is 1. The highest BCUT2D eigenvalue weighted by molar-refractivity contribution is 5.99. The zero-order valence-corrected chi connectivity index (χ0v) is 20.2. The largest absolute Gasteiger partial charge is 0.456 e. The standard InChI is InChI=1S/C25H28FN5O5/c1-4-19(32)15-6-7-17(26)21(23(15)35-12-36-24(33)22(28)13(2)3)16-9-18(16)30-25(34)31-20-8-5-14(10-27)11-29-20/h5-8,11,13,16,18,22H,4,9,12,28H2,1-3H3,(H2,29,30,31,34)/t16?,18?,22-/m0/s1. The summed E-state index contributed by atoms with van der Waals surface area (Å²) in [6.07, 6.45) is 1.89. The van der Waals surface area contributed by atoms with Crippen molar-refractivity contribution >= 4 is 23.6 Å². The third-order valence-electron chi connectivity index (χ3n) is 5.77. The minimum absolute atomic E-state index is 0.0174. The van der Waals surface area contributed by atoms with E-state index in [1.165, 1.54) is 30.5 Å². The van der Waals surface area contributed by atoms with E-state index in [4.69, 9.17) is 20.5 Å². The Balaban J connectivity index is 1.73. The summed E-state index contributed by atoms with van der Waals surface area (Å²) in [4.78, 5) is 40.9. The van der Waals surface area contributed by atoms with Gasteiger partial charge in [0.2, 0.25) is 6.79 Å². The Hall–Kier alpha value is -4.04. The molecule has 1 fully saturated rings. The van der Waals surface area contributed by atoms with Crippen molar-refractivity contribution in [3.05, 3.63) is 53.0 Å². The lowest BCUT2D eigenvalue weighted by Crippen LogP contribution is -2.37. The van der Waals surface area contributed by atoms with Gasteiger partial charge in [-0.05, 0) is 36.6 Å². The first-order chi connectivity index (χ1) is 17.2. The van der Waals surface area contributed by atoms with E-state index in [-0.39, 0.29) is 40.8 Å². The number of pyridine rings is 1. The smallest absolute Gasteiger partial charge is 0.326 e. The second kappa shape index (κ2) is 11.6. The predicted octanol–water partition coefficient (Wildman–Crippen LogP) is 3.23. The molecule has 1 heterocycles. The molecule has 2 amide bonds. The Morgan fingerprint density at radius 1 is 1.28 bits per heavy atom. The van der Waals surface area contributed by atoms with Gasteiger partial charge >= 0.3 is 12.0 Å². The van der Waals surface area contributed by atoms with Crippen LogP contribution in [-0.2, 0) is 9.53 Å². The van der Waals surface area contributed by atoms with Gasteiger partial charge in [0.05, 0.1) is 11.1 Å². The van der Waals surface area contributed by atoms with Crippen LogP contribution in [-0.4, -0.2) is 41.6 Å². The van der Waals surface area contributed by atoms with E-state index in [0.29, 0.717) is 12.0 Å². The third-order valence-corrected chi connectivity index (χ3v) is 5.77. The molecule has 0 saturated heterocycles. The molecule has 190 valence electrons. The van der Waals surface area contributed by atoms with Crippen LogP contribution in [0.1, 0.15) is 61.0 Å². The van der Waals surface area contributed by atoms with E-state index in [1.54, 1.807) is 20.8 Å². The van der Waals surface area contributed by atoms with E-state index in [9.17, 15) is 18.8 Å². The van der Waals surface area contributed by atoms with Crippen LogP contribution in [0.4, 0.5) is 15.0 Å². The predicted molar refractivity (Wildman–Crippen MR) is 128 cm³/mol. The van der Waals surface area contributed by atoms with Crippen LogP contribution < -0.4 is 21.1 Å². The number of nitriles is 1. The van der Waals surface area contributed by atoms with E-state index >= 15 is 0 Å². The molecule has 10 nitrogen and oxygen atoms in total. The lowest BCUT2D eigenvalue weighted by Gasteiger charge is -2.18. The summed E-state index contributed by atoms with van der Waals surface area (Å²) < 4.78 is 25.7. The number of urea groups is 1. The fourth-order valence-electron chi connectivity index (χ4n) is 3.53. The summed E-state index contributed by atoms with van der Waals surface area (Å²) in [5.74, 6) is -1.93. The van der Waals surface area contributed by atoms with E-state index in [0.717, 1.165) is 0 Å². The summed E-state index contributed by atoms with van der Waals surface area (Å²) in [5.41, 5.74) is 6.42. The van der Waals surface area contributed by atoms with Crippen LogP contribution in [0.3, 0.4) is 0 Å². The first-order valence-corrected chi connectivity index (χ1v) is 11.5. The molecule has 0 bridgehead atoms. The number of ether oxygens (including phenoxy) is 2. The Labute approximate surface area is 208 Å². The van der Waals surface area contributed by atoms with Gasteiger partial charge in [-0.3, -0.25) is 14.9 Å². The van der Waals surface area contributed by atoms with Gasteiger partial charge in [0.1, 0.15) is 29.5 Å². The molecule has 0 radical (unpaired) electrons. The fourth-order valence-corrected chi connectivity index (χ4v) is 3.53. The maximum atomic E-state index is 15.0. The molecule has 1 aliphatic rings. The normalized spacial score (nSPS) is 17.0. The molecule has 3 atom stereocenters. The van der Waals surface area contributed by atoms with Gasteiger partial charge in [0.25, 0.3) is 0 Å². The lowest BCUT2D eigenvalue weighted by molar-refractivity contribution is -0.152. The highest BCUT2D eigenvalue weighted by Gasteiger charge is 2.44. The van der Waals surface area contributed by atoms with Crippen molar-refractivity contribution in [3.63, 3.8) is 0 Å². The molecular weight excluding hydrogens is 469 g/mol. The number of Topliss-reactive ketones (excluding diaryl/α,β-unsaturated/α-hetero) is 1. The van der Waals surface area contributed by atoms with E-state index in [1.807, 2.05) is 6.07 Å². The summed E-state index contributed by atoms with van der Waals surface area (Å²) in [7, 11) is 0. The maximum Gasteiger partial charge on any atom is 0.326 e. The molecular formula is C25H28FN5O5. The second-order valence-electron chi connectivity index (χ2n) is 8.70. The molecule has 2 unspecified atom stereocenters. The SMILES string of the molecule is CCC(=O)c1ccc(F)c(C2CC2NC(=O)Nc2ccc(C#N)cn2)c1OCOC(=O)[C@@H](N)C(C)C. The molecule has 0 spiro atoms. The third kappa shape index (κ3) is 6.34. The molecule has 11 heteroatoms. The van der Waals surface area contributed by atoms with Crippen molar-refractivity contribution in [2.45, 2.75) is 51.6 Å². The van der Waals surface area contributed by atoms with E-state index < -0.39 is 42.6 Å². The highest BCUT2D eigenvalue weighted by atomic mass is 19.1. The number of aromatic nitrogens is 1.